The summed E-state index contributed by atoms with van der Waals surface area (Å²) in [7, 11) is 0. The van der Waals surface area contributed by atoms with Gasteiger partial charge in [0.05, 0.1) is 24.0 Å². The van der Waals surface area contributed by atoms with Crippen LogP contribution in [-0.4, -0.2) is 33.2 Å². The van der Waals surface area contributed by atoms with Gasteiger partial charge in [-0.05, 0) is 26.0 Å². The predicted molar refractivity (Wildman–Crippen MR) is 68.0 cm³/mol. The number of esters is 1. The van der Waals surface area contributed by atoms with E-state index in [1.807, 2.05) is 0 Å². The van der Waals surface area contributed by atoms with Crippen LogP contribution in [-0.2, 0) is 9.53 Å². The van der Waals surface area contributed by atoms with Crippen molar-refractivity contribution in [1.82, 2.24) is 9.55 Å². The Balaban J connectivity index is 2.49. The van der Waals surface area contributed by atoms with Crippen molar-refractivity contribution >= 4 is 23.0 Å². The standard InChI is InChI=1S/C13H14N2O4/c1-3-19-13(18)8(2)15-7-14-11-9(12(16)17)5-4-6-10(11)15/h4-8H,3H2,1-2H3,(H,16,17). The second-order valence-corrected chi connectivity index (χ2v) is 4.06. The number of para-hydroxylation sites is 1. The number of benzene rings is 1. The van der Waals surface area contributed by atoms with Crippen LogP contribution < -0.4 is 0 Å². The molecular weight excluding hydrogens is 248 g/mol. The predicted octanol–water partition coefficient (Wildman–Crippen LogP) is 1.86. The van der Waals surface area contributed by atoms with Crippen molar-refractivity contribution in [3.05, 3.63) is 30.1 Å². The molecule has 6 heteroatoms. The fraction of sp³-hybridized carbons (Fsp3) is 0.308. The molecule has 1 aromatic carbocycles. The first-order chi connectivity index (χ1) is 9.06. The minimum Gasteiger partial charge on any atom is -0.478 e. The summed E-state index contributed by atoms with van der Waals surface area (Å²) in [4.78, 5) is 26.9. The molecule has 1 atom stereocenters. The third-order valence-corrected chi connectivity index (χ3v) is 2.88. The molecule has 0 aliphatic carbocycles. The topological polar surface area (TPSA) is 81.4 Å². The number of nitrogens with zero attached hydrogens (tertiary/aromatic N) is 2. The molecule has 1 N–H and O–H groups in total. The van der Waals surface area contributed by atoms with Crippen LogP contribution in [0, 0.1) is 0 Å². The van der Waals surface area contributed by atoms with E-state index >= 15 is 0 Å². The molecule has 2 rings (SSSR count). The Morgan fingerprint density at radius 2 is 2.21 bits per heavy atom. The number of carbonyl (C=O) groups excluding carboxylic acids is 1. The highest BCUT2D eigenvalue weighted by atomic mass is 16.5. The summed E-state index contributed by atoms with van der Waals surface area (Å²) in [5, 5.41) is 9.08. The number of ether oxygens (including phenoxy) is 1. The number of rotatable bonds is 4. The Kier molecular flexibility index (Phi) is 3.50. The maximum atomic E-state index is 11.7. The number of carbonyl (C=O) groups is 2. The zero-order valence-electron chi connectivity index (χ0n) is 10.7. The first kappa shape index (κ1) is 13.1. The van der Waals surface area contributed by atoms with Crippen LogP contribution in [0.1, 0.15) is 30.2 Å². The zero-order chi connectivity index (χ0) is 14.0. The van der Waals surface area contributed by atoms with Gasteiger partial charge in [-0.3, -0.25) is 0 Å². The molecule has 1 heterocycles. The van der Waals surface area contributed by atoms with Gasteiger partial charge in [0.15, 0.2) is 0 Å². The van der Waals surface area contributed by atoms with Crippen LogP contribution in [0.2, 0.25) is 0 Å². The Hall–Kier alpha value is -2.37. The third-order valence-electron chi connectivity index (χ3n) is 2.88. The van der Waals surface area contributed by atoms with Gasteiger partial charge in [-0.2, -0.15) is 0 Å². The van der Waals surface area contributed by atoms with Gasteiger partial charge in [0.25, 0.3) is 0 Å². The molecule has 100 valence electrons. The highest BCUT2D eigenvalue weighted by Crippen LogP contribution is 2.21. The molecule has 0 radical (unpaired) electrons. The van der Waals surface area contributed by atoms with E-state index in [2.05, 4.69) is 4.98 Å². The van der Waals surface area contributed by atoms with Crippen LogP contribution in [0.3, 0.4) is 0 Å². The summed E-state index contributed by atoms with van der Waals surface area (Å²) in [5.74, 6) is -1.41. The number of aromatic carboxylic acids is 1. The third kappa shape index (κ3) is 2.29. The van der Waals surface area contributed by atoms with E-state index in [1.165, 1.54) is 12.4 Å². The minimum atomic E-state index is -1.04. The molecule has 0 fully saturated rings. The van der Waals surface area contributed by atoms with E-state index < -0.39 is 12.0 Å². The monoisotopic (exact) mass is 262 g/mol. The van der Waals surface area contributed by atoms with Crippen molar-refractivity contribution in [3.63, 3.8) is 0 Å². The number of aromatic nitrogens is 2. The molecule has 0 saturated carbocycles. The lowest BCUT2D eigenvalue weighted by Crippen LogP contribution is -2.18. The van der Waals surface area contributed by atoms with Crippen molar-refractivity contribution in [2.45, 2.75) is 19.9 Å². The molecule has 0 amide bonds. The second kappa shape index (κ2) is 5.09. The van der Waals surface area contributed by atoms with E-state index in [4.69, 9.17) is 9.84 Å². The highest BCUT2D eigenvalue weighted by molar-refractivity contribution is 6.01. The number of carboxylic acids is 1. The van der Waals surface area contributed by atoms with Crippen molar-refractivity contribution < 1.29 is 19.4 Å². The maximum Gasteiger partial charge on any atom is 0.337 e. The van der Waals surface area contributed by atoms with Crippen LogP contribution in [0.5, 0.6) is 0 Å². The molecule has 0 aliphatic heterocycles. The first-order valence-electron chi connectivity index (χ1n) is 5.91. The van der Waals surface area contributed by atoms with E-state index in [1.54, 1.807) is 30.5 Å². The second-order valence-electron chi connectivity index (χ2n) is 4.06. The summed E-state index contributed by atoms with van der Waals surface area (Å²) >= 11 is 0. The smallest absolute Gasteiger partial charge is 0.337 e. The fourth-order valence-electron chi connectivity index (χ4n) is 1.92. The average molecular weight is 262 g/mol. The van der Waals surface area contributed by atoms with E-state index in [0.29, 0.717) is 17.6 Å². The summed E-state index contributed by atoms with van der Waals surface area (Å²) in [6.45, 7) is 3.72. The van der Waals surface area contributed by atoms with Crippen molar-refractivity contribution in [2.75, 3.05) is 6.61 Å². The largest absolute Gasteiger partial charge is 0.478 e. The molecule has 0 spiro atoms. The Morgan fingerprint density at radius 3 is 2.84 bits per heavy atom. The quantitative estimate of drug-likeness (QED) is 0.850. The molecule has 2 aromatic rings. The van der Waals surface area contributed by atoms with E-state index in [-0.39, 0.29) is 11.5 Å². The van der Waals surface area contributed by atoms with Gasteiger partial charge in [0.1, 0.15) is 11.6 Å². The number of fused-ring (bicyclic) bond motifs is 1. The average Bonchev–Trinajstić information content (AvgIpc) is 2.81. The lowest BCUT2D eigenvalue weighted by Gasteiger charge is -2.12. The minimum absolute atomic E-state index is 0.118. The van der Waals surface area contributed by atoms with Gasteiger partial charge in [-0.15, -0.1) is 0 Å². The lowest BCUT2D eigenvalue weighted by molar-refractivity contribution is -0.146. The van der Waals surface area contributed by atoms with Crippen LogP contribution >= 0.6 is 0 Å². The Labute approximate surface area is 109 Å². The number of hydrogen-bond acceptors (Lipinski definition) is 4. The molecule has 0 bridgehead atoms. The molecule has 1 unspecified atom stereocenters. The first-order valence-corrected chi connectivity index (χ1v) is 5.91. The fourth-order valence-corrected chi connectivity index (χ4v) is 1.92. The summed E-state index contributed by atoms with van der Waals surface area (Å²) in [6.07, 6.45) is 1.46. The van der Waals surface area contributed by atoms with Gasteiger partial charge < -0.3 is 14.4 Å². The Morgan fingerprint density at radius 1 is 1.47 bits per heavy atom. The number of imidazole rings is 1. The number of carboxylic acid groups (broad SMARTS) is 1. The van der Waals surface area contributed by atoms with Gasteiger partial charge in [-0.1, -0.05) is 6.07 Å². The highest BCUT2D eigenvalue weighted by Gasteiger charge is 2.20. The van der Waals surface area contributed by atoms with Gasteiger partial charge in [0.2, 0.25) is 0 Å². The van der Waals surface area contributed by atoms with Gasteiger partial charge in [-0.25, -0.2) is 14.6 Å². The van der Waals surface area contributed by atoms with Crippen molar-refractivity contribution in [3.8, 4) is 0 Å². The molecule has 19 heavy (non-hydrogen) atoms. The van der Waals surface area contributed by atoms with Crippen molar-refractivity contribution in [2.24, 2.45) is 0 Å². The molecule has 0 aliphatic rings. The van der Waals surface area contributed by atoms with Gasteiger partial charge >= 0.3 is 11.9 Å². The van der Waals surface area contributed by atoms with Crippen LogP contribution in [0.25, 0.3) is 11.0 Å². The zero-order valence-corrected chi connectivity index (χ0v) is 10.7. The molecular formula is C13H14N2O4. The van der Waals surface area contributed by atoms with Crippen LogP contribution in [0.4, 0.5) is 0 Å². The van der Waals surface area contributed by atoms with Crippen LogP contribution in [0.15, 0.2) is 24.5 Å². The molecule has 1 aromatic heterocycles. The summed E-state index contributed by atoms with van der Waals surface area (Å²) in [5.41, 5.74) is 1.08. The maximum absolute atomic E-state index is 11.7. The number of hydrogen-bond donors (Lipinski definition) is 1. The summed E-state index contributed by atoms with van der Waals surface area (Å²) in [6, 6.07) is 4.29. The Bertz CT molecular complexity index is 633. The SMILES string of the molecule is CCOC(=O)C(C)n1cnc2c(C(=O)O)cccc21. The molecule has 6 nitrogen and oxygen atoms in total. The normalized spacial score (nSPS) is 12.3. The van der Waals surface area contributed by atoms with E-state index in [9.17, 15) is 9.59 Å². The summed E-state index contributed by atoms with van der Waals surface area (Å²) < 4.78 is 6.56. The van der Waals surface area contributed by atoms with Gasteiger partial charge in [0, 0.05) is 0 Å². The van der Waals surface area contributed by atoms with Crippen molar-refractivity contribution in [1.29, 1.82) is 0 Å². The van der Waals surface area contributed by atoms with E-state index in [0.717, 1.165) is 0 Å². The molecule has 0 saturated heterocycles. The lowest BCUT2D eigenvalue weighted by atomic mass is 10.2.